The number of hydroxylamine groups is 1. The lowest BCUT2D eigenvalue weighted by atomic mass is 9.47. The standard InChI is InChI=1S/C30H37F2N7O5S/c31-28(32)45(42,43)37-9-7-36(8-10-37)22-5-6-25(34-18-22)38-11-12-39(24-4-2-1-3-23(24)38)44-29(41)35-26-20-13-19-14-21(26)17-30(15-19,16-20)27(33)40/h1-6,18-21,26,28H,7-17H2,(H2,33,40)(H,35,41)/t19?,20-,21+,26?,30?. The van der Waals surface area contributed by atoms with E-state index in [9.17, 15) is 26.8 Å². The van der Waals surface area contributed by atoms with E-state index in [2.05, 4.69) is 10.3 Å². The van der Waals surface area contributed by atoms with Gasteiger partial charge in [-0.05, 0) is 74.1 Å². The first-order valence-corrected chi connectivity index (χ1v) is 16.9. The van der Waals surface area contributed by atoms with Gasteiger partial charge in [0.2, 0.25) is 5.91 Å². The number of amides is 2. The third kappa shape index (κ3) is 5.33. The zero-order valence-corrected chi connectivity index (χ0v) is 25.5. The molecular weight excluding hydrogens is 608 g/mol. The molecule has 15 heteroatoms. The molecule has 2 aromatic rings. The summed E-state index contributed by atoms with van der Waals surface area (Å²) in [7, 11) is -4.59. The number of primary amides is 1. The van der Waals surface area contributed by atoms with E-state index in [0.29, 0.717) is 24.8 Å². The van der Waals surface area contributed by atoms with Gasteiger partial charge in [-0.3, -0.25) is 4.79 Å². The van der Waals surface area contributed by atoms with E-state index >= 15 is 0 Å². The Morgan fingerprint density at radius 2 is 1.64 bits per heavy atom. The number of benzene rings is 1. The number of fused-ring (bicyclic) bond motifs is 1. The van der Waals surface area contributed by atoms with Crippen molar-refractivity contribution in [1.29, 1.82) is 0 Å². The van der Waals surface area contributed by atoms with Gasteiger partial charge in [0.1, 0.15) is 5.82 Å². The summed E-state index contributed by atoms with van der Waals surface area (Å²) >= 11 is 0. The largest absolute Gasteiger partial charge is 0.431 e. The van der Waals surface area contributed by atoms with Gasteiger partial charge in [0.05, 0.1) is 29.8 Å². The summed E-state index contributed by atoms with van der Waals surface area (Å²) in [5, 5.41) is 4.73. The second-order valence-electron chi connectivity index (χ2n) is 13.0. The highest BCUT2D eigenvalue weighted by Crippen LogP contribution is 2.60. The number of para-hydroxylation sites is 2. The number of hydrogen-bond acceptors (Lipinski definition) is 9. The fourth-order valence-electron chi connectivity index (χ4n) is 8.53. The van der Waals surface area contributed by atoms with Crippen molar-refractivity contribution in [3.8, 4) is 0 Å². The number of halogens is 2. The summed E-state index contributed by atoms with van der Waals surface area (Å²) in [6.45, 7) is 1.42. The first-order valence-electron chi connectivity index (χ1n) is 15.4. The molecule has 5 atom stereocenters. The Morgan fingerprint density at radius 3 is 2.27 bits per heavy atom. The number of aromatic nitrogens is 1. The van der Waals surface area contributed by atoms with E-state index < -0.39 is 27.3 Å². The van der Waals surface area contributed by atoms with E-state index in [1.165, 1.54) is 0 Å². The van der Waals surface area contributed by atoms with Crippen molar-refractivity contribution in [3.05, 3.63) is 42.6 Å². The maximum absolute atomic E-state index is 13.2. The minimum Gasteiger partial charge on any atom is -0.369 e. The van der Waals surface area contributed by atoms with Crippen LogP contribution in [0.1, 0.15) is 32.1 Å². The van der Waals surface area contributed by atoms with E-state index in [-0.39, 0.29) is 50.0 Å². The van der Waals surface area contributed by atoms with Crippen LogP contribution < -0.4 is 25.9 Å². The number of sulfonamides is 1. The highest BCUT2D eigenvalue weighted by atomic mass is 32.2. The molecule has 3 heterocycles. The van der Waals surface area contributed by atoms with Crippen molar-refractivity contribution < 1.29 is 31.6 Å². The number of nitrogens with two attached hydrogens (primary N) is 1. The van der Waals surface area contributed by atoms with Crippen LogP contribution in [-0.4, -0.2) is 80.8 Å². The Bertz CT molecular complexity index is 1550. The topological polar surface area (TPSA) is 141 Å². The lowest BCUT2D eigenvalue weighted by Gasteiger charge is -2.58. The smallest absolute Gasteiger partial charge is 0.369 e. The van der Waals surface area contributed by atoms with Gasteiger partial charge in [-0.2, -0.15) is 13.1 Å². The van der Waals surface area contributed by atoms with Gasteiger partial charge in [0.15, 0.2) is 0 Å². The molecule has 8 rings (SSSR count). The van der Waals surface area contributed by atoms with Crippen molar-refractivity contribution >= 4 is 44.9 Å². The first kappa shape index (κ1) is 30.0. The molecule has 2 amide bonds. The molecule has 1 saturated heterocycles. The van der Waals surface area contributed by atoms with Crippen LogP contribution in [-0.2, 0) is 19.7 Å². The fraction of sp³-hybridized carbons (Fsp3) is 0.567. The molecule has 3 N–H and O–H groups in total. The third-order valence-electron chi connectivity index (χ3n) is 10.4. The van der Waals surface area contributed by atoms with Crippen molar-refractivity contribution in [2.45, 2.75) is 43.9 Å². The normalized spacial score (nSPS) is 29.5. The van der Waals surface area contributed by atoms with E-state index in [0.717, 1.165) is 53.5 Å². The molecule has 4 saturated carbocycles. The van der Waals surface area contributed by atoms with Crippen LogP contribution in [0.15, 0.2) is 42.6 Å². The van der Waals surface area contributed by atoms with Crippen molar-refractivity contribution in [2.75, 3.05) is 54.1 Å². The van der Waals surface area contributed by atoms with E-state index in [4.69, 9.17) is 10.6 Å². The summed E-state index contributed by atoms with van der Waals surface area (Å²) < 4.78 is 50.3. The van der Waals surface area contributed by atoms with Gasteiger partial charge >= 0.3 is 11.9 Å². The van der Waals surface area contributed by atoms with Crippen molar-refractivity contribution in [2.24, 2.45) is 28.9 Å². The first-order chi connectivity index (χ1) is 21.5. The number of carbonyl (C=O) groups excluding carboxylic acids is 2. The van der Waals surface area contributed by atoms with Crippen LogP contribution in [0.4, 0.5) is 36.5 Å². The lowest BCUT2D eigenvalue weighted by molar-refractivity contribution is -0.145. The Hall–Kier alpha value is -3.72. The molecule has 6 aliphatic rings. The molecule has 242 valence electrons. The number of piperazine rings is 1. The number of rotatable bonds is 7. The van der Waals surface area contributed by atoms with Crippen LogP contribution in [0, 0.1) is 23.2 Å². The predicted octanol–water partition coefficient (Wildman–Crippen LogP) is 3.04. The molecule has 1 aromatic carbocycles. The molecule has 12 nitrogen and oxygen atoms in total. The van der Waals surface area contributed by atoms with Gasteiger partial charge in [-0.15, -0.1) is 0 Å². The van der Waals surface area contributed by atoms with Gasteiger partial charge in [0, 0.05) is 44.2 Å². The van der Waals surface area contributed by atoms with Crippen LogP contribution in [0.3, 0.4) is 0 Å². The SMILES string of the molecule is NC(=O)C12CC3C[C@H](C1)C(NC(=O)ON1CCN(c4ccc(N5CCN(S(=O)(=O)C(F)F)CC5)cn4)c4ccccc41)[C@@H](C3)C2. The minimum atomic E-state index is -4.59. The number of hydrogen-bond donors (Lipinski definition) is 2. The molecule has 4 aliphatic carbocycles. The van der Waals surface area contributed by atoms with Gasteiger partial charge in [0.25, 0.3) is 10.0 Å². The summed E-state index contributed by atoms with van der Waals surface area (Å²) in [5.74, 6) is -2.00. The fourth-order valence-corrected chi connectivity index (χ4v) is 9.43. The summed E-state index contributed by atoms with van der Waals surface area (Å²) in [5.41, 5.74) is 7.71. The maximum atomic E-state index is 13.2. The van der Waals surface area contributed by atoms with Crippen LogP contribution in [0.25, 0.3) is 0 Å². The number of pyridine rings is 1. The number of anilines is 4. The van der Waals surface area contributed by atoms with Crippen molar-refractivity contribution in [1.82, 2.24) is 14.6 Å². The molecular formula is C30H37F2N7O5S. The zero-order chi connectivity index (χ0) is 31.5. The number of nitrogens with one attached hydrogen (secondary N) is 1. The van der Waals surface area contributed by atoms with Gasteiger partial charge in [-0.1, -0.05) is 12.1 Å². The molecule has 0 spiro atoms. The molecule has 1 aromatic heterocycles. The number of carbonyl (C=O) groups is 2. The Balaban J connectivity index is 0.993. The molecule has 0 radical (unpaired) electrons. The average molecular weight is 646 g/mol. The van der Waals surface area contributed by atoms with Crippen molar-refractivity contribution in [3.63, 3.8) is 0 Å². The summed E-state index contributed by atoms with van der Waals surface area (Å²) in [6.07, 6.45) is 5.51. The zero-order valence-electron chi connectivity index (χ0n) is 24.7. The minimum absolute atomic E-state index is 0.0198. The van der Waals surface area contributed by atoms with E-state index in [1.54, 1.807) is 11.3 Å². The van der Waals surface area contributed by atoms with E-state index in [1.807, 2.05) is 46.2 Å². The summed E-state index contributed by atoms with van der Waals surface area (Å²) in [4.78, 5) is 40.0. The highest BCUT2D eigenvalue weighted by molar-refractivity contribution is 7.89. The summed E-state index contributed by atoms with van der Waals surface area (Å²) in [6, 6.07) is 11.3. The Morgan fingerprint density at radius 1 is 0.956 bits per heavy atom. The Labute approximate surface area is 260 Å². The third-order valence-corrected chi connectivity index (χ3v) is 12.0. The quantitative estimate of drug-likeness (QED) is 0.465. The van der Waals surface area contributed by atoms with Crippen LogP contribution in [0.5, 0.6) is 0 Å². The average Bonchev–Trinajstić information content (AvgIpc) is 3.03. The molecule has 4 bridgehead atoms. The predicted molar refractivity (Wildman–Crippen MR) is 162 cm³/mol. The Kier molecular flexibility index (Phi) is 7.50. The van der Waals surface area contributed by atoms with Crippen LogP contribution in [0.2, 0.25) is 0 Å². The second kappa shape index (κ2) is 11.3. The maximum Gasteiger partial charge on any atom is 0.431 e. The number of nitrogens with zero attached hydrogens (tertiary/aromatic N) is 5. The van der Waals surface area contributed by atoms with Crippen LogP contribution >= 0.6 is 0 Å². The van der Waals surface area contributed by atoms with Gasteiger partial charge in [-0.25, -0.2) is 23.3 Å². The monoisotopic (exact) mass is 645 g/mol. The number of alkyl halides is 2. The molecule has 45 heavy (non-hydrogen) atoms. The molecule has 5 fully saturated rings. The molecule has 3 unspecified atom stereocenters. The van der Waals surface area contributed by atoms with Gasteiger partial charge < -0.3 is 25.7 Å². The lowest BCUT2D eigenvalue weighted by Crippen LogP contribution is -2.62. The highest BCUT2D eigenvalue weighted by Gasteiger charge is 2.58. The second-order valence-corrected chi connectivity index (χ2v) is 14.9. The molecule has 2 aliphatic heterocycles.